The topological polar surface area (TPSA) is 87.1 Å². The van der Waals surface area contributed by atoms with Crippen molar-refractivity contribution in [2.75, 3.05) is 0 Å². The summed E-state index contributed by atoms with van der Waals surface area (Å²) in [4.78, 5) is 52.7. The minimum atomic E-state index is -1.48. The zero-order chi connectivity index (χ0) is 43.2. The van der Waals surface area contributed by atoms with Gasteiger partial charge in [-0.2, -0.15) is 0 Å². The summed E-state index contributed by atoms with van der Waals surface area (Å²) in [6.45, 7) is 0. The first-order valence-corrected chi connectivity index (χ1v) is 22.1. The van der Waals surface area contributed by atoms with Crippen molar-refractivity contribution in [3.63, 3.8) is 0 Å². The molecule has 3 aliphatic heterocycles. The summed E-state index contributed by atoms with van der Waals surface area (Å²) in [6, 6.07) is 41.6. The molecule has 0 amide bonds. The van der Waals surface area contributed by atoms with Gasteiger partial charge >= 0.3 is 19.5 Å². The van der Waals surface area contributed by atoms with Crippen LogP contribution < -0.4 is 9.97 Å². The first-order chi connectivity index (χ1) is 31.2. The summed E-state index contributed by atoms with van der Waals surface area (Å²) in [5.41, 5.74) is 5.49. The molecule has 5 heterocycles. The summed E-state index contributed by atoms with van der Waals surface area (Å²) in [5.74, 6) is -0.329. The Kier molecular flexibility index (Phi) is 8.94. The van der Waals surface area contributed by atoms with E-state index >= 15 is 9.59 Å². The van der Waals surface area contributed by atoms with E-state index in [4.69, 9.17) is 66.4 Å². The molecule has 11 heteroatoms. The van der Waals surface area contributed by atoms with Crippen molar-refractivity contribution in [3.8, 4) is 0 Å². The van der Waals surface area contributed by atoms with E-state index in [-0.39, 0.29) is 31.0 Å². The Bertz CT molecular complexity index is 3540. The van der Waals surface area contributed by atoms with Crippen molar-refractivity contribution in [3.05, 3.63) is 245 Å². The van der Waals surface area contributed by atoms with Crippen molar-refractivity contribution in [2.24, 2.45) is 9.98 Å². The summed E-state index contributed by atoms with van der Waals surface area (Å²) in [6.07, 6.45) is 7.49. The fourth-order valence-corrected chi connectivity index (χ4v) is 11.9. The molecule has 5 aliphatic rings. The van der Waals surface area contributed by atoms with E-state index in [0.717, 1.165) is 32.7 Å². The van der Waals surface area contributed by atoms with Gasteiger partial charge < -0.3 is 9.97 Å². The van der Waals surface area contributed by atoms with Crippen LogP contribution in [0.4, 0.5) is 0 Å². The molecular weight excluding hydrogens is 944 g/mol. The van der Waals surface area contributed by atoms with Crippen molar-refractivity contribution in [1.29, 1.82) is 0 Å². The van der Waals surface area contributed by atoms with Crippen LogP contribution in [-0.2, 0) is 30.3 Å². The molecule has 304 valence electrons. The van der Waals surface area contributed by atoms with Crippen molar-refractivity contribution < 1.29 is 29.1 Å². The van der Waals surface area contributed by atoms with Gasteiger partial charge in [0.05, 0.1) is 28.2 Å². The first-order valence-electron chi connectivity index (χ1n) is 20.6. The van der Waals surface area contributed by atoms with Gasteiger partial charge in [-0.05, 0) is 92.4 Å². The Morgan fingerprint density at radius 2 is 0.815 bits per heavy atom. The number of aromatic nitrogens is 2. The molecular formula is C54H26Cl4N4O2Zn. The predicted octanol–water partition coefficient (Wildman–Crippen LogP) is 12.7. The van der Waals surface area contributed by atoms with Gasteiger partial charge in [0.15, 0.2) is 11.6 Å². The van der Waals surface area contributed by atoms with Gasteiger partial charge in [0.25, 0.3) is 0 Å². The maximum atomic E-state index is 15.5. The SMILES string of the molecule is O=C1c2cccc3cccc(c23)C12C1=N/C(=C(/c3c(Cl)cccc3Cl)c3ccc([n-]3)C3(C(=O)c4cccc5cccc3c45)c3ccc([n-]3)/C(c3c(Cl)cccc3Cl)=C3/C=CC2=N3)C=C1.[Zn+2]. The first kappa shape index (κ1) is 40.3. The molecule has 2 aromatic heterocycles. The molecule has 0 saturated heterocycles. The quantitative estimate of drug-likeness (QED) is 0.162. The van der Waals surface area contributed by atoms with Gasteiger partial charge in [-0.3, -0.25) is 19.6 Å². The number of halogens is 4. The van der Waals surface area contributed by atoms with Crippen LogP contribution in [0.3, 0.4) is 0 Å². The maximum absolute atomic E-state index is 15.5. The van der Waals surface area contributed by atoms with Crippen LogP contribution >= 0.6 is 46.4 Å². The number of hydrogen-bond acceptors (Lipinski definition) is 4. The standard InChI is InChI=1S/C54H26Cl4N4O2.Zn/c55-33-15-5-16-34(56)47(33)49-37-19-23-41(59-37)53(31-13-3-9-27-7-1-11-29(45(27)31)51(53)63)42-24-20-38(60-42)50(48-35(57)17-6-18-36(48)58)40-22-26-44(62-40)54(43-25-21-39(49)61-43)32-14-4-10-28-8-2-12-30(46(28)32)52(54)64;/h1-26H;/q-2;+2. The van der Waals surface area contributed by atoms with E-state index in [9.17, 15) is 0 Å². The zero-order valence-corrected chi connectivity index (χ0v) is 39.8. The van der Waals surface area contributed by atoms with E-state index < -0.39 is 10.8 Å². The number of carbonyl (C=O) groups excluding carboxylic acids is 2. The summed E-state index contributed by atoms with van der Waals surface area (Å²) in [7, 11) is 0. The second-order valence-corrected chi connectivity index (χ2v) is 18.0. The molecule has 0 saturated carbocycles. The number of fused-ring (bicyclic) bond motifs is 12. The van der Waals surface area contributed by atoms with Gasteiger partial charge in [-0.25, -0.2) is 0 Å². The molecule has 65 heavy (non-hydrogen) atoms. The van der Waals surface area contributed by atoms with Crippen LogP contribution in [0.2, 0.25) is 20.1 Å². The molecule has 0 unspecified atom stereocenters. The van der Waals surface area contributed by atoms with Crippen molar-refractivity contribution in [1.82, 2.24) is 9.97 Å². The Balaban J connectivity index is 0.00000444. The third kappa shape index (κ3) is 5.22. The van der Waals surface area contributed by atoms with Crippen molar-refractivity contribution >= 4 is 102 Å². The average Bonchev–Trinajstić information content (AvgIpc) is 4.18. The molecule has 8 bridgehead atoms. The Morgan fingerprint density at radius 3 is 1.26 bits per heavy atom. The van der Waals surface area contributed by atoms with E-state index in [1.54, 1.807) is 36.4 Å². The molecule has 0 N–H and O–H groups in total. The Hall–Kier alpha value is -6.18. The molecule has 2 aliphatic carbocycles. The minimum absolute atomic E-state index is 0. The number of hydrogen-bond donors (Lipinski definition) is 0. The summed E-state index contributed by atoms with van der Waals surface area (Å²) in [5, 5.41) is 5.03. The van der Waals surface area contributed by atoms with Gasteiger partial charge in [0.2, 0.25) is 0 Å². The second-order valence-electron chi connectivity index (χ2n) is 16.4. The fraction of sp³-hybridized carbons (Fsp3) is 0.0370. The average molecular weight is 970 g/mol. The number of nitrogens with zero attached hydrogens (tertiary/aromatic N) is 4. The molecule has 0 atom stereocenters. The van der Waals surface area contributed by atoms with Crippen LogP contribution in [0.1, 0.15) is 65.7 Å². The molecule has 6 nitrogen and oxygen atoms in total. The molecule has 13 rings (SSSR count). The molecule has 0 radical (unpaired) electrons. The monoisotopic (exact) mass is 966 g/mol. The molecule has 2 spiro atoms. The number of ketones is 2. The van der Waals surface area contributed by atoms with Crippen molar-refractivity contribution in [2.45, 2.75) is 10.8 Å². The van der Waals surface area contributed by atoms with Crippen LogP contribution in [0.5, 0.6) is 0 Å². The predicted molar refractivity (Wildman–Crippen MR) is 256 cm³/mol. The molecule has 0 fully saturated rings. The van der Waals surface area contributed by atoms with E-state index in [2.05, 4.69) is 0 Å². The van der Waals surface area contributed by atoms with Crippen LogP contribution in [0, 0.1) is 0 Å². The fourth-order valence-electron chi connectivity index (χ4n) is 10.7. The third-order valence-corrected chi connectivity index (χ3v) is 14.6. The van der Waals surface area contributed by atoms with E-state index in [1.807, 2.05) is 121 Å². The molecule has 8 aromatic rings. The smallest absolute Gasteiger partial charge is 0.659 e. The van der Waals surface area contributed by atoms with Gasteiger partial charge in [0.1, 0.15) is 5.41 Å². The Morgan fingerprint density at radius 1 is 0.431 bits per heavy atom. The third-order valence-electron chi connectivity index (χ3n) is 13.3. The van der Waals surface area contributed by atoms with Gasteiger partial charge in [0, 0.05) is 42.3 Å². The van der Waals surface area contributed by atoms with Crippen LogP contribution in [0.25, 0.3) is 32.7 Å². The number of aliphatic imine (C=N–C) groups is 2. The number of allylic oxidation sites excluding steroid dienone is 4. The van der Waals surface area contributed by atoms with Crippen LogP contribution in [0.15, 0.2) is 179 Å². The summed E-state index contributed by atoms with van der Waals surface area (Å²) < 4.78 is 0. The summed E-state index contributed by atoms with van der Waals surface area (Å²) >= 11 is 28.3. The number of benzene rings is 6. The normalized spacial score (nSPS) is 22.2. The number of rotatable bonds is 2. The van der Waals surface area contributed by atoms with E-state index in [1.165, 1.54) is 0 Å². The largest absolute Gasteiger partial charge is 2.00 e. The van der Waals surface area contributed by atoms with Gasteiger partial charge in [-0.15, -0.1) is 22.8 Å². The number of carbonyl (C=O) groups is 2. The second kappa shape index (κ2) is 14.4. The number of Topliss-reactive ketones (excluding diaryl/α,β-unsaturated/α-hetero) is 2. The maximum Gasteiger partial charge on any atom is 2.00 e. The van der Waals surface area contributed by atoms with E-state index in [0.29, 0.717) is 99.1 Å². The van der Waals surface area contributed by atoms with Gasteiger partial charge in [-0.1, -0.05) is 156 Å². The minimum Gasteiger partial charge on any atom is -0.659 e. The molecule has 6 aromatic carbocycles. The Labute approximate surface area is 404 Å². The zero-order valence-electron chi connectivity index (χ0n) is 33.8. The van der Waals surface area contributed by atoms with Crippen LogP contribution in [-0.4, -0.2) is 23.0 Å².